The Labute approximate surface area is 97.4 Å². The van der Waals surface area contributed by atoms with Gasteiger partial charge in [0.1, 0.15) is 13.1 Å². The van der Waals surface area contributed by atoms with Gasteiger partial charge >= 0.3 is 12.2 Å². The highest BCUT2D eigenvalue weighted by molar-refractivity contribution is 5.74. The Hall–Kier alpha value is -1.45. The minimum Gasteiger partial charge on any atom is -0.329 e. The van der Waals surface area contributed by atoms with Crippen LogP contribution in [0.25, 0.3) is 0 Å². The van der Waals surface area contributed by atoms with Crippen molar-refractivity contribution < 1.29 is 18.0 Å². The molecule has 0 aromatic rings. The lowest BCUT2D eigenvalue weighted by Crippen LogP contribution is -2.47. The number of rotatable bonds is 3. The van der Waals surface area contributed by atoms with Gasteiger partial charge in [0.2, 0.25) is 0 Å². The van der Waals surface area contributed by atoms with E-state index in [2.05, 4.69) is 0 Å². The maximum Gasteiger partial charge on any atom is 0.405 e. The molecule has 1 N–H and O–H groups in total. The SMILES string of the molecule is N#CCN(C(=O)NCC(F)(F)F)C1CCCC1. The number of alkyl halides is 3. The summed E-state index contributed by atoms with van der Waals surface area (Å²) in [5, 5.41) is 10.4. The molecule has 1 saturated carbocycles. The molecule has 0 atom stereocenters. The maximum atomic E-state index is 11.9. The first-order chi connectivity index (χ1) is 7.94. The van der Waals surface area contributed by atoms with Gasteiger partial charge < -0.3 is 10.2 Å². The van der Waals surface area contributed by atoms with E-state index in [1.165, 1.54) is 4.90 Å². The second-order valence-corrected chi connectivity index (χ2v) is 4.00. The average molecular weight is 249 g/mol. The molecule has 0 aliphatic heterocycles. The van der Waals surface area contributed by atoms with Crippen molar-refractivity contribution in [2.24, 2.45) is 0 Å². The summed E-state index contributed by atoms with van der Waals surface area (Å²) in [6, 6.07) is 0.889. The third-order valence-corrected chi connectivity index (χ3v) is 2.71. The smallest absolute Gasteiger partial charge is 0.329 e. The van der Waals surface area contributed by atoms with Gasteiger partial charge in [-0.15, -0.1) is 0 Å². The van der Waals surface area contributed by atoms with E-state index in [0.717, 1.165) is 25.7 Å². The van der Waals surface area contributed by atoms with Crippen molar-refractivity contribution in [3.8, 4) is 6.07 Å². The molecule has 1 aliphatic carbocycles. The molecule has 0 unspecified atom stereocenters. The van der Waals surface area contributed by atoms with Crippen LogP contribution in [0.1, 0.15) is 25.7 Å². The molecule has 1 rings (SSSR count). The summed E-state index contributed by atoms with van der Waals surface area (Å²) in [6.45, 7) is -1.53. The summed E-state index contributed by atoms with van der Waals surface area (Å²) >= 11 is 0. The molecular weight excluding hydrogens is 235 g/mol. The molecule has 0 spiro atoms. The van der Waals surface area contributed by atoms with Crippen molar-refractivity contribution in [2.75, 3.05) is 13.1 Å². The first kappa shape index (κ1) is 13.6. The molecule has 2 amide bonds. The Morgan fingerprint density at radius 1 is 1.41 bits per heavy atom. The van der Waals surface area contributed by atoms with Crippen LogP contribution in [-0.2, 0) is 0 Å². The minimum absolute atomic E-state index is 0.108. The van der Waals surface area contributed by atoms with E-state index in [9.17, 15) is 18.0 Å². The van der Waals surface area contributed by atoms with Crippen LogP contribution in [-0.4, -0.2) is 36.2 Å². The first-order valence-corrected chi connectivity index (χ1v) is 5.42. The van der Waals surface area contributed by atoms with Crippen LogP contribution in [0.4, 0.5) is 18.0 Å². The predicted molar refractivity (Wildman–Crippen MR) is 54.0 cm³/mol. The second-order valence-electron chi connectivity index (χ2n) is 4.00. The van der Waals surface area contributed by atoms with E-state index >= 15 is 0 Å². The lowest BCUT2D eigenvalue weighted by Gasteiger charge is -2.26. The minimum atomic E-state index is -4.43. The number of amides is 2. The number of urea groups is 1. The molecule has 17 heavy (non-hydrogen) atoms. The number of nitrogens with zero attached hydrogens (tertiary/aromatic N) is 2. The van der Waals surface area contributed by atoms with Crippen molar-refractivity contribution in [1.29, 1.82) is 5.26 Å². The zero-order valence-electron chi connectivity index (χ0n) is 9.26. The molecule has 0 bridgehead atoms. The van der Waals surface area contributed by atoms with Crippen LogP contribution in [0.15, 0.2) is 0 Å². The molecular formula is C10H14F3N3O. The second kappa shape index (κ2) is 5.75. The Morgan fingerprint density at radius 3 is 2.47 bits per heavy atom. The fourth-order valence-corrected chi connectivity index (χ4v) is 1.94. The highest BCUT2D eigenvalue weighted by Gasteiger charge is 2.31. The number of halogens is 3. The monoisotopic (exact) mass is 249 g/mol. The summed E-state index contributed by atoms with van der Waals surface area (Å²) in [5.41, 5.74) is 0. The number of nitriles is 1. The molecule has 4 nitrogen and oxygen atoms in total. The Kier molecular flexibility index (Phi) is 4.61. The molecule has 0 aromatic carbocycles. The first-order valence-electron chi connectivity index (χ1n) is 5.42. The van der Waals surface area contributed by atoms with Crippen molar-refractivity contribution in [3.05, 3.63) is 0 Å². The van der Waals surface area contributed by atoms with Crippen molar-refractivity contribution in [3.63, 3.8) is 0 Å². The Bertz CT molecular complexity index is 305. The third-order valence-electron chi connectivity index (χ3n) is 2.71. The van der Waals surface area contributed by atoms with Crippen LogP contribution < -0.4 is 5.32 Å². The van der Waals surface area contributed by atoms with Crippen molar-refractivity contribution >= 4 is 6.03 Å². The topological polar surface area (TPSA) is 56.1 Å². The van der Waals surface area contributed by atoms with Crippen molar-refractivity contribution in [1.82, 2.24) is 10.2 Å². The summed E-state index contributed by atoms with van der Waals surface area (Å²) in [6.07, 6.45) is -1.04. The number of hydrogen-bond donors (Lipinski definition) is 1. The summed E-state index contributed by atoms with van der Waals surface area (Å²) in [5.74, 6) is 0. The van der Waals surface area contributed by atoms with E-state index in [4.69, 9.17) is 5.26 Å². The van der Waals surface area contributed by atoms with Gasteiger partial charge in [0, 0.05) is 6.04 Å². The summed E-state index contributed by atoms with van der Waals surface area (Å²) in [4.78, 5) is 12.7. The van der Waals surface area contributed by atoms with Crippen LogP contribution in [0.3, 0.4) is 0 Å². The van der Waals surface area contributed by atoms with Gasteiger partial charge in [0.05, 0.1) is 6.07 Å². The van der Waals surface area contributed by atoms with Gasteiger partial charge in [-0.3, -0.25) is 0 Å². The van der Waals surface area contributed by atoms with Gasteiger partial charge in [-0.2, -0.15) is 18.4 Å². The highest BCUT2D eigenvalue weighted by Crippen LogP contribution is 2.23. The Balaban J connectivity index is 2.52. The highest BCUT2D eigenvalue weighted by atomic mass is 19.4. The molecule has 1 fully saturated rings. The maximum absolute atomic E-state index is 11.9. The van der Waals surface area contributed by atoms with Gasteiger partial charge in [-0.1, -0.05) is 12.8 Å². The van der Waals surface area contributed by atoms with Crippen LogP contribution >= 0.6 is 0 Å². The van der Waals surface area contributed by atoms with Crippen LogP contribution in [0, 0.1) is 11.3 Å². The van der Waals surface area contributed by atoms with Crippen molar-refractivity contribution in [2.45, 2.75) is 37.9 Å². The molecule has 1 aliphatic rings. The summed E-state index contributed by atoms with van der Waals surface area (Å²) < 4.78 is 35.8. The van der Waals surface area contributed by atoms with E-state index in [0.29, 0.717) is 0 Å². The fraction of sp³-hybridized carbons (Fsp3) is 0.800. The van der Waals surface area contributed by atoms with Gasteiger partial charge in [0.15, 0.2) is 0 Å². The fourth-order valence-electron chi connectivity index (χ4n) is 1.94. The zero-order chi connectivity index (χ0) is 12.9. The zero-order valence-corrected chi connectivity index (χ0v) is 9.26. The van der Waals surface area contributed by atoms with Crippen LogP contribution in [0.5, 0.6) is 0 Å². The number of nitrogens with one attached hydrogen (secondary N) is 1. The summed E-state index contributed by atoms with van der Waals surface area (Å²) in [7, 11) is 0. The van der Waals surface area contributed by atoms with E-state index in [1.807, 2.05) is 0 Å². The lowest BCUT2D eigenvalue weighted by molar-refractivity contribution is -0.123. The molecule has 0 radical (unpaired) electrons. The average Bonchev–Trinajstić information content (AvgIpc) is 2.74. The lowest BCUT2D eigenvalue weighted by atomic mass is 10.2. The largest absolute Gasteiger partial charge is 0.405 e. The third kappa shape index (κ3) is 4.51. The van der Waals surface area contributed by atoms with E-state index < -0.39 is 18.8 Å². The van der Waals surface area contributed by atoms with Gasteiger partial charge in [-0.05, 0) is 12.8 Å². The van der Waals surface area contributed by atoms with Gasteiger partial charge in [-0.25, -0.2) is 4.79 Å². The molecule has 0 heterocycles. The van der Waals surface area contributed by atoms with Gasteiger partial charge in [0.25, 0.3) is 0 Å². The van der Waals surface area contributed by atoms with E-state index in [-0.39, 0.29) is 12.6 Å². The predicted octanol–water partition coefficient (Wildman–Crippen LogP) is 2.03. The van der Waals surface area contributed by atoms with Crippen LogP contribution in [0.2, 0.25) is 0 Å². The van der Waals surface area contributed by atoms with E-state index in [1.54, 1.807) is 11.4 Å². The molecule has 96 valence electrons. The number of hydrogen-bond acceptors (Lipinski definition) is 2. The molecule has 0 aromatic heterocycles. The molecule has 7 heteroatoms. The number of carbonyl (C=O) groups is 1. The number of carbonyl (C=O) groups excluding carboxylic acids is 1. The standard InChI is InChI=1S/C10H14F3N3O/c11-10(12,13)7-15-9(17)16(6-5-14)8-3-1-2-4-8/h8H,1-4,6-7H2,(H,15,17). The quantitative estimate of drug-likeness (QED) is 0.778. The normalized spacial score (nSPS) is 16.6. The Morgan fingerprint density at radius 2 is 2.00 bits per heavy atom. The molecule has 0 saturated heterocycles.